The van der Waals surface area contributed by atoms with Crippen LogP contribution in [0.2, 0.25) is 0 Å². The molecule has 0 unspecified atom stereocenters. The molecule has 1 aromatic heterocycles. The van der Waals surface area contributed by atoms with E-state index in [1.54, 1.807) is 25.3 Å². The summed E-state index contributed by atoms with van der Waals surface area (Å²) in [4.78, 5) is 32.9. The van der Waals surface area contributed by atoms with Gasteiger partial charge in [0, 0.05) is 30.4 Å². The monoisotopic (exact) mass is 487 g/mol. The smallest absolute Gasteiger partial charge is 0.292 e. The Morgan fingerprint density at radius 2 is 2.07 bits per heavy atom. The van der Waals surface area contributed by atoms with Crippen molar-refractivity contribution in [1.82, 2.24) is 15.2 Å². The van der Waals surface area contributed by atoms with Crippen molar-refractivity contribution in [3.05, 3.63) is 51.4 Å². The molecule has 0 atom stereocenters. The van der Waals surface area contributed by atoms with Crippen LogP contribution in [0.15, 0.2) is 40.9 Å². The number of halogens is 1. The van der Waals surface area contributed by atoms with Gasteiger partial charge in [0.2, 0.25) is 0 Å². The highest BCUT2D eigenvalue weighted by atomic mass is 79.9. The molecule has 154 valence electrons. The molecule has 2 aliphatic heterocycles. The van der Waals surface area contributed by atoms with Gasteiger partial charge in [-0.15, -0.1) is 11.3 Å². The molecule has 2 aromatic carbocycles. The van der Waals surface area contributed by atoms with Crippen LogP contribution in [0.4, 0.5) is 0 Å². The molecule has 5 rings (SSSR count). The number of methoxy groups -OCH3 is 1. The van der Waals surface area contributed by atoms with Crippen LogP contribution in [0.25, 0.3) is 10.2 Å². The molecule has 1 spiro atoms. The number of nitrogens with one attached hydrogen (secondary N) is 1. The van der Waals surface area contributed by atoms with Crippen LogP contribution in [0.1, 0.15) is 33.0 Å². The summed E-state index contributed by atoms with van der Waals surface area (Å²) in [5.41, 5.74) is 0.0391. The van der Waals surface area contributed by atoms with Gasteiger partial charge in [-0.05, 0) is 36.4 Å². The Morgan fingerprint density at radius 1 is 1.27 bits per heavy atom. The van der Waals surface area contributed by atoms with E-state index in [-0.39, 0.29) is 10.9 Å². The first-order valence-electron chi connectivity index (χ1n) is 9.53. The number of ether oxygens (including phenoxy) is 2. The third-order valence-corrected chi connectivity index (χ3v) is 6.95. The average Bonchev–Trinajstić information content (AvgIpc) is 3.18. The van der Waals surface area contributed by atoms with Crippen molar-refractivity contribution in [3.63, 3.8) is 0 Å². The first-order valence-corrected chi connectivity index (χ1v) is 11.1. The molecule has 2 aliphatic rings. The highest BCUT2D eigenvalue weighted by Crippen LogP contribution is 2.41. The van der Waals surface area contributed by atoms with E-state index in [1.807, 2.05) is 18.2 Å². The van der Waals surface area contributed by atoms with Crippen molar-refractivity contribution >= 4 is 49.3 Å². The second-order valence-corrected chi connectivity index (χ2v) is 9.18. The number of hydrogen-bond donors (Lipinski definition) is 1. The van der Waals surface area contributed by atoms with E-state index in [0.717, 1.165) is 9.17 Å². The van der Waals surface area contributed by atoms with Crippen molar-refractivity contribution in [3.8, 4) is 11.5 Å². The quantitative estimate of drug-likeness (QED) is 0.553. The minimum Gasteiger partial charge on any atom is -0.497 e. The molecular weight excluding hydrogens is 470 g/mol. The molecule has 1 N–H and O–H groups in total. The molecule has 2 amide bonds. The second kappa shape index (κ2) is 7.33. The number of rotatable bonds is 2. The SMILES string of the molecule is COc1ccc2nc(C(=O)N3C(=O)c4cc(Br)ccc4OC34CCNCC4)sc2c1. The zero-order valence-electron chi connectivity index (χ0n) is 16.1. The number of thiazole rings is 1. The third kappa shape index (κ3) is 3.08. The summed E-state index contributed by atoms with van der Waals surface area (Å²) in [7, 11) is 1.59. The summed E-state index contributed by atoms with van der Waals surface area (Å²) in [6, 6.07) is 10.7. The average molecular weight is 488 g/mol. The fraction of sp³-hybridized carbons (Fsp3) is 0.286. The fourth-order valence-electron chi connectivity index (χ4n) is 3.95. The number of amides is 2. The van der Waals surface area contributed by atoms with E-state index < -0.39 is 11.6 Å². The molecule has 0 saturated carbocycles. The number of nitrogens with zero attached hydrogens (tertiary/aromatic N) is 2. The summed E-state index contributed by atoms with van der Waals surface area (Å²) in [6.45, 7) is 1.31. The van der Waals surface area contributed by atoms with Crippen LogP contribution in [0, 0.1) is 0 Å². The number of carbonyl (C=O) groups excluding carboxylic acids is 2. The van der Waals surface area contributed by atoms with Crippen LogP contribution in [-0.4, -0.2) is 47.6 Å². The number of hydrogen-bond acceptors (Lipinski definition) is 7. The maximum absolute atomic E-state index is 13.6. The van der Waals surface area contributed by atoms with E-state index in [1.165, 1.54) is 16.2 Å². The summed E-state index contributed by atoms with van der Waals surface area (Å²) in [5, 5.41) is 3.53. The molecule has 9 heteroatoms. The fourth-order valence-corrected chi connectivity index (χ4v) is 5.24. The second-order valence-electron chi connectivity index (χ2n) is 7.24. The van der Waals surface area contributed by atoms with Gasteiger partial charge in [-0.25, -0.2) is 9.88 Å². The molecule has 0 aliphatic carbocycles. The van der Waals surface area contributed by atoms with E-state index >= 15 is 0 Å². The summed E-state index contributed by atoms with van der Waals surface area (Å²) in [5.74, 6) is 0.397. The largest absolute Gasteiger partial charge is 0.497 e. The summed E-state index contributed by atoms with van der Waals surface area (Å²) in [6.07, 6.45) is 1.03. The summed E-state index contributed by atoms with van der Waals surface area (Å²) < 4.78 is 13.2. The van der Waals surface area contributed by atoms with Crippen LogP contribution in [-0.2, 0) is 0 Å². The number of aromatic nitrogens is 1. The van der Waals surface area contributed by atoms with Crippen molar-refractivity contribution in [2.75, 3.05) is 20.2 Å². The minimum absolute atomic E-state index is 0.256. The normalized spacial score (nSPS) is 17.7. The Hall–Kier alpha value is -2.49. The maximum atomic E-state index is 13.6. The van der Waals surface area contributed by atoms with Crippen LogP contribution < -0.4 is 14.8 Å². The van der Waals surface area contributed by atoms with Crippen molar-refractivity contribution in [2.45, 2.75) is 18.6 Å². The van der Waals surface area contributed by atoms with E-state index in [9.17, 15) is 9.59 Å². The lowest BCUT2D eigenvalue weighted by molar-refractivity contribution is -0.0776. The molecule has 30 heavy (non-hydrogen) atoms. The number of fused-ring (bicyclic) bond motifs is 2. The first-order chi connectivity index (χ1) is 14.5. The van der Waals surface area contributed by atoms with E-state index in [4.69, 9.17) is 9.47 Å². The van der Waals surface area contributed by atoms with Gasteiger partial charge in [0.1, 0.15) is 11.5 Å². The number of imide groups is 1. The van der Waals surface area contributed by atoms with Crippen LogP contribution in [0.5, 0.6) is 11.5 Å². The number of carbonyl (C=O) groups is 2. The number of benzene rings is 2. The van der Waals surface area contributed by atoms with Gasteiger partial charge >= 0.3 is 0 Å². The summed E-state index contributed by atoms with van der Waals surface area (Å²) >= 11 is 4.65. The molecule has 3 aromatic rings. The molecule has 0 bridgehead atoms. The van der Waals surface area contributed by atoms with Crippen LogP contribution in [0.3, 0.4) is 0 Å². The minimum atomic E-state index is -1.02. The van der Waals surface area contributed by atoms with Gasteiger partial charge in [0.05, 0.1) is 22.9 Å². The Labute approximate surface area is 185 Å². The molecule has 1 saturated heterocycles. The molecule has 7 nitrogen and oxygen atoms in total. The van der Waals surface area contributed by atoms with Gasteiger partial charge in [-0.1, -0.05) is 15.9 Å². The highest BCUT2D eigenvalue weighted by molar-refractivity contribution is 9.10. The zero-order chi connectivity index (χ0) is 20.9. The maximum Gasteiger partial charge on any atom is 0.292 e. The predicted octanol–water partition coefficient (Wildman–Crippen LogP) is 3.82. The topological polar surface area (TPSA) is 80.8 Å². The Bertz CT molecular complexity index is 1170. The van der Waals surface area contributed by atoms with Gasteiger partial charge in [0.25, 0.3) is 11.8 Å². The van der Waals surface area contributed by atoms with Crippen molar-refractivity contribution in [2.24, 2.45) is 0 Å². The zero-order valence-corrected chi connectivity index (χ0v) is 18.5. The molecule has 0 radical (unpaired) electrons. The molecule has 3 heterocycles. The lowest BCUT2D eigenvalue weighted by Gasteiger charge is -2.47. The van der Waals surface area contributed by atoms with Crippen LogP contribution >= 0.6 is 27.3 Å². The number of piperidine rings is 1. The molecular formula is C21H18BrN3O4S. The lowest BCUT2D eigenvalue weighted by atomic mass is 9.95. The lowest BCUT2D eigenvalue weighted by Crippen LogP contribution is -2.64. The Morgan fingerprint density at radius 3 is 2.83 bits per heavy atom. The van der Waals surface area contributed by atoms with Crippen molar-refractivity contribution < 1.29 is 19.1 Å². The standard InChI is InChI=1S/C21H18BrN3O4S/c1-28-13-3-4-15-17(11-13)30-18(24-15)20(27)25-19(26)14-10-12(22)2-5-16(14)29-21(25)6-8-23-9-7-21/h2-5,10-11,23H,6-9H2,1H3. The predicted molar refractivity (Wildman–Crippen MR) is 116 cm³/mol. The van der Waals surface area contributed by atoms with Gasteiger partial charge in [-0.3, -0.25) is 9.59 Å². The van der Waals surface area contributed by atoms with E-state index in [0.29, 0.717) is 48.5 Å². The molecule has 1 fully saturated rings. The van der Waals surface area contributed by atoms with Gasteiger partial charge < -0.3 is 14.8 Å². The Balaban J connectivity index is 1.60. The van der Waals surface area contributed by atoms with Gasteiger partial charge in [-0.2, -0.15) is 0 Å². The highest BCUT2D eigenvalue weighted by Gasteiger charge is 2.51. The van der Waals surface area contributed by atoms with Gasteiger partial charge in [0.15, 0.2) is 10.7 Å². The third-order valence-electron chi connectivity index (χ3n) is 5.45. The van der Waals surface area contributed by atoms with E-state index in [2.05, 4.69) is 26.2 Å². The van der Waals surface area contributed by atoms with Crippen molar-refractivity contribution in [1.29, 1.82) is 0 Å². The first kappa shape index (κ1) is 19.5. The Kier molecular flexibility index (Phi) is 4.76.